The molecule has 23 heavy (non-hydrogen) atoms. The number of allylic oxidation sites excluding steroid dienone is 1. The lowest BCUT2D eigenvalue weighted by Crippen LogP contribution is -2.41. The first-order valence-electron chi connectivity index (χ1n) is 8.25. The molecule has 2 rings (SSSR count). The van der Waals surface area contributed by atoms with Crippen molar-refractivity contribution in [2.75, 3.05) is 26.7 Å². The van der Waals surface area contributed by atoms with Crippen molar-refractivity contribution in [1.29, 1.82) is 0 Å². The van der Waals surface area contributed by atoms with Crippen molar-refractivity contribution in [3.8, 4) is 0 Å². The van der Waals surface area contributed by atoms with Crippen molar-refractivity contribution < 1.29 is 4.79 Å². The van der Waals surface area contributed by atoms with E-state index in [4.69, 9.17) is 0 Å². The molecule has 1 aliphatic rings. The molecule has 0 bridgehead atoms. The number of amides is 1. The number of rotatable bonds is 8. The van der Waals surface area contributed by atoms with Crippen LogP contribution in [0.2, 0.25) is 0 Å². The van der Waals surface area contributed by atoms with Gasteiger partial charge in [0.2, 0.25) is 5.91 Å². The van der Waals surface area contributed by atoms with E-state index in [0.29, 0.717) is 0 Å². The average molecular weight is 313 g/mol. The van der Waals surface area contributed by atoms with Gasteiger partial charge in [0.1, 0.15) is 0 Å². The van der Waals surface area contributed by atoms with Crippen molar-refractivity contribution in [2.45, 2.75) is 25.7 Å². The van der Waals surface area contributed by atoms with E-state index in [-0.39, 0.29) is 11.3 Å². The molecular formula is C19H27N3O. The Balaban J connectivity index is 1.99. The van der Waals surface area contributed by atoms with Gasteiger partial charge in [-0.1, -0.05) is 24.3 Å². The molecular weight excluding hydrogens is 286 g/mol. The van der Waals surface area contributed by atoms with Crippen molar-refractivity contribution in [1.82, 2.24) is 10.2 Å². The highest BCUT2D eigenvalue weighted by atomic mass is 16.2. The quantitative estimate of drug-likeness (QED) is 0.592. The summed E-state index contributed by atoms with van der Waals surface area (Å²) in [6.07, 6.45) is 5.50. The Hall–Kier alpha value is -1.94. The van der Waals surface area contributed by atoms with Crippen molar-refractivity contribution in [3.63, 3.8) is 0 Å². The molecule has 1 heterocycles. The molecule has 1 N–H and O–H groups in total. The van der Waals surface area contributed by atoms with Crippen LogP contribution in [0.5, 0.6) is 0 Å². The molecule has 0 aliphatic carbocycles. The Morgan fingerprint density at radius 2 is 2.26 bits per heavy atom. The molecule has 1 aromatic rings. The number of carbonyl (C=O) groups is 1. The molecule has 4 nitrogen and oxygen atoms in total. The van der Waals surface area contributed by atoms with Crippen LogP contribution in [0.25, 0.3) is 0 Å². The summed E-state index contributed by atoms with van der Waals surface area (Å²) in [5.41, 5.74) is 1.90. The van der Waals surface area contributed by atoms with Crippen molar-refractivity contribution >= 4 is 18.3 Å². The molecule has 1 aliphatic heterocycles. The zero-order valence-corrected chi connectivity index (χ0v) is 14.1. The smallest absolute Gasteiger partial charge is 0.227 e. The molecule has 1 aromatic carbocycles. The molecule has 1 unspecified atom stereocenters. The Morgan fingerprint density at radius 1 is 1.48 bits per heavy atom. The third-order valence-electron chi connectivity index (χ3n) is 4.83. The van der Waals surface area contributed by atoms with Gasteiger partial charge in [-0.25, -0.2) is 0 Å². The van der Waals surface area contributed by atoms with Gasteiger partial charge < -0.3 is 10.2 Å². The normalized spacial score (nSPS) is 21.1. The number of para-hydroxylation sites is 1. The maximum absolute atomic E-state index is 12.4. The van der Waals surface area contributed by atoms with Crippen LogP contribution >= 0.6 is 0 Å². The van der Waals surface area contributed by atoms with Gasteiger partial charge >= 0.3 is 0 Å². The maximum atomic E-state index is 12.4. The lowest BCUT2D eigenvalue weighted by molar-refractivity contribution is -0.130. The van der Waals surface area contributed by atoms with Crippen LogP contribution < -0.4 is 5.32 Å². The summed E-state index contributed by atoms with van der Waals surface area (Å²) in [5.74, 6) is 0.162. The molecule has 0 spiro atoms. The van der Waals surface area contributed by atoms with Crippen LogP contribution in [-0.4, -0.2) is 44.2 Å². The molecule has 1 amide bonds. The largest absolute Gasteiger partial charge is 0.359 e. The molecule has 0 radical (unpaired) electrons. The first kappa shape index (κ1) is 17.4. The molecule has 1 atom stereocenters. The fourth-order valence-corrected chi connectivity index (χ4v) is 3.45. The van der Waals surface area contributed by atoms with E-state index in [9.17, 15) is 4.79 Å². The predicted octanol–water partition coefficient (Wildman–Crippen LogP) is 2.97. The zero-order chi connectivity index (χ0) is 16.7. The maximum Gasteiger partial charge on any atom is 0.227 e. The number of hydrogen-bond donors (Lipinski definition) is 1. The second-order valence-electron chi connectivity index (χ2n) is 6.25. The molecule has 0 saturated carbocycles. The van der Waals surface area contributed by atoms with E-state index in [1.807, 2.05) is 24.3 Å². The summed E-state index contributed by atoms with van der Waals surface area (Å²) in [4.78, 5) is 18.8. The van der Waals surface area contributed by atoms with Gasteiger partial charge in [0.05, 0.1) is 11.1 Å². The van der Waals surface area contributed by atoms with E-state index in [0.717, 1.165) is 51.0 Å². The topological polar surface area (TPSA) is 44.7 Å². The minimum Gasteiger partial charge on any atom is -0.359 e. The lowest BCUT2D eigenvalue weighted by Gasteiger charge is -2.27. The number of benzene rings is 1. The molecule has 1 saturated heterocycles. The van der Waals surface area contributed by atoms with Crippen LogP contribution in [0.4, 0.5) is 5.69 Å². The van der Waals surface area contributed by atoms with Gasteiger partial charge in [-0.3, -0.25) is 9.79 Å². The minimum atomic E-state index is -0.265. The SMILES string of the molecule is C=CCCC1(C(=O)NC)CCN(CCc2ccccc2N=C)C1. The van der Waals surface area contributed by atoms with E-state index in [1.54, 1.807) is 7.05 Å². The summed E-state index contributed by atoms with van der Waals surface area (Å²) in [6, 6.07) is 8.11. The number of aliphatic imine (C=N–C) groups is 1. The summed E-state index contributed by atoms with van der Waals surface area (Å²) < 4.78 is 0. The number of nitrogens with zero attached hydrogens (tertiary/aromatic N) is 2. The third-order valence-corrected chi connectivity index (χ3v) is 4.83. The van der Waals surface area contributed by atoms with E-state index in [1.165, 1.54) is 5.56 Å². The second-order valence-corrected chi connectivity index (χ2v) is 6.25. The Kier molecular flexibility index (Phi) is 6.11. The first-order valence-corrected chi connectivity index (χ1v) is 8.25. The van der Waals surface area contributed by atoms with Crippen LogP contribution in [-0.2, 0) is 11.2 Å². The average Bonchev–Trinajstić information content (AvgIpc) is 3.02. The molecule has 124 valence electrons. The first-order chi connectivity index (χ1) is 11.1. The fraction of sp³-hybridized carbons (Fsp3) is 0.474. The number of nitrogens with one attached hydrogen (secondary N) is 1. The van der Waals surface area contributed by atoms with Gasteiger partial charge in [-0.2, -0.15) is 0 Å². The zero-order valence-electron chi connectivity index (χ0n) is 14.1. The van der Waals surface area contributed by atoms with Gasteiger partial charge in [0.25, 0.3) is 0 Å². The minimum absolute atomic E-state index is 0.162. The predicted molar refractivity (Wildman–Crippen MR) is 96.3 cm³/mol. The highest BCUT2D eigenvalue weighted by molar-refractivity contribution is 5.83. The Labute approximate surface area is 139 Å². The summed E-state index contributed by atoms with van der Waals surface area (Å²) in [7, 11) is 1.73. The van der Waals surface area contributed by atoms with Crippen LogP contribution in [0.15, 0.2) is 41.9 Å². The Bertz CT molecular complexity index is 569. The number of carbonyl (C=O) groups excluding carboxylic acids is 1. The standard InChI is InChI=1S/C19H27N3O/c1-4-5-11-19(18(23)21-3)12-14-22(15-19)13-10-16-8-6-7-9-17(16)20-2/h4,6-9H,1-2,5,10-15H2,3H3,(H,21,23). The molecule has 1 fully saturated rings. The summed E-state index contributed by atoms with van der Waals surface area (Å²) >= 11 is 0. The second kappa shape index (κ2) is 8.06. The summed E-state index contributed by atoms with van der Waals surface area (Å²) in [6.45, 7) is 10.2. The van der Waals surface area contributed by atoms with Gasteiger partial charge in [0, 0.05) is 20.1 Å². The van der Waals surface area contributed by atoms with Crippen LogP contribution in [0.1, 0.15) is 24.8 Å². The van der Waals surface area contributed by atoms with Crippen LogP contribution in [0.3, 0.4) is 0 Å². The van der Waals surface area contributed by atoms with Crippen molar-refractivity contribution in [3.05, 3.63) is 42.5 Å². The Morgan fingerprint density at radius 3 is 2.96 bits per heavy atom. The number of hydrogen-bond acceptors (Lipinski definition) is 3. The summed E-state index contributed by atoms with van der Waals surface area (Å²) in [5, 5.41) is 2.85. The van der Waals surface area contributed by atoms with Gasteiger partial charge in [-0.15, -0.1) is 6.58 Å². The monoisotopic (exact) mass is 313 g/mol. The van der Waals surface area contributed by atoms with Crippen molar-refractivity contribution in [2.24, 2.45) is 10.4 Å². The number of likely N-dealkylation sites (tertiary alicyclic amines) is 1. The highest BCUT2D eigenvalue weighted by Gasteiger charge is 2.43. The third kappa shape index (κ3) is 4.08. The molecule has 4 heteroatoms. The lowest BCUT2D eigenvalue weighted by atomic mass is 9.81. The fourth-order valence-electron chi connectivity index (χ4n) is 3.45. The highest BCUT2D eigenvalue weighted by Crippen LogP contribution is 2.36. The van der Waals surface area contributed by atoms with Gasteiger partial charge in [0.15, 0.2) is 0 Å². The van der Waals surface area contributed by atoms with E-state index in [2.05, 4.69) is 34.6 Å². The van der Waals surface area contributed by atoms with Gasteiger partial charge in [-0.05, 0) is 50.6 Å². The molecule has 0 aromatic heterocycles. The van der Waals surface area contributed by atoms with E-state index < -0.39 is 0 Å². The van der Waals surface area contributed by atoms with Crippen LogP contribution in [0, 0.1) is 5.41 Å². The van der Waals surface area contributed by atoms with E-state index >= 15 is 0 Å².